The number of hydrogen-bond acceptors (Lipinski definition) is 5. The van der Waals surface area contributed by atoms with Crippen LogP contribution in [0.25, 0.3) is 11.1 Å². The third-order valence-corrected chi connectivity index (χ3v) is 5.75. The summed E-state index contributed by atoms with van der Waals surface area (Å²) in [7, 11) is -2.83. The largest absolute Gasteiger partial charge is 0.497 e. The number of ether oxygens (including phenoxy) is 2. The lowest BCUT2D eigenvalue weighted by molar-refractivity contribution is 0.237. The molecule has 0 heterocycles. The Bertz CT molecular complexity index is 1250. The van der Waals surface area contributed by atoms with Gasteiger partial charge in [-0.05, 0) is 74.4 Å². The summed E-state index contributed by atoms with van der Waals surface area (Å²) in [5.41, 5.74) is 1.06. The summed E-state index contributed by atoms with van der Waals surface area (Å²) in [6, 6.07) is 16.5. The van der Waals surface area contributed by atoms with E-state index in [1.54, 1.807) is 46.1 Å². The molecule has 9 heteroatoms. The fourth-order valence-electron chi connectivity index (χ4n) is 2.97. The van der Waals surface area contributed by atoms with Gasteiger partial charge < -0.3 is 14.8 Å². The normalized spacial score (nSPS) is 11.5. The van der Waals surface area contributed by atoms with Crippen molar-refractivity contribution in [3.8, 4) is 28.4 Å². The van der Waals surface area contributed by atoms with Crippen molar-refractivity contribution in [1.82, 2.24) is 10.0 Å². The first-order valence-corrected chi connectivity index (χ1v) is 11.5. The number of amides is 2. The van der Waals surface area contributed by atoms with E-state index in [2.05, 4.69) is 5.32 Å². The zero-order chi connectivity index (χ0) is 24.2. The molecule has 0 aliphatic carbocycles. The first-order valence-electron chi connectivity index (χ1n) is 10.0. The van der Waals surface area contributed by atoms with Crippen LogP contribution in [-0.4, -0.2) is 27.1 Å². The van der Waals surface area contributed by atoms with Crippen LogP contribution in [0.1, 0.15) is 20.8 Å². The van der Waals surface area contributed by atoms with Gasteiger partial charge in [0.1, 0.15) is 28.0 Å². The predicted molar refractivity (Wildman–Crippen MR) is 124 cm³/mol. The molecule has 3 aromatic rings. The summed E-state index contributed by atoms with van der Waals surface area (Å²) in [4.78, 5) is 11.6. The molecular formula is C24H25FN2O5S. The third kappa shape index (κ3) is 6.45. The van der Waals surface area contributed by atoms with Crippen molar-refractivity contribution >= 4 is 16.1 Å². The molecule has 0 aromatic heterocycles. The lowest BCUT2D eigenvalue weighted by Gasteiger charge is -2.21. The Morgan fingerprint density at radius 1 is 0.909 bits per heavy atom. The zero-order valence-corrected chi connectivity index (χ0v) is 19.5. The van der Waals surface area contributed by atoms with E-state index in [9.17, 15) is 17.6 Å². The van der Waals surface area contributed by atoms with Gasteiger partial charge >= 0.3 is 6.03 Å². The zero-order valence-electron chi connectivity index (χ0n) is 18.7. The number of rotatable bonds is 6. The average molecular weight is 473 g/mol. The van der Waals surface area contributed by atoms with Crippen LogP contribution in [0.2, 0.25) is 0 Å². The molecular weight excluding hydrogens is 447 g/mol. The number of nitrogens with one attached hydrogen (secondary N) is 2. The van der Waals surface area contributed by atoms with Gasteiger partial charge in [0.15, 0.2) is 0 Å². The van der Waals surface area contributed by atoms with Crippen LogP contribution in [-0.2, 0) is 10.0 Å². The van der Waals surface area contributed by atoms with Crippen molar-refractivity contribution in [2.45, 2.75) is 31.2 Å². The Kier molecular flexibility index (Phi) is 6.92. The fourth-order valence-corrected chi connectivity index (χ4v) is 4.02. The minimum Gasteiger partial charge on any atom is -0.497 e. The second-order valence-electron chi connectivity index (χ2n) is 8.26. The van der Waals surface area contributed by atoms with E-state index in [1.807, 2.05) is 35.1 Å². The van der Waals surface area contributed by atoms with Crippen molar-refractivity contribution in [3.63, 3.8) is 0 Å². The Morgan fingerprint density at radius 3 is 2.24 bits per heavy atom. The van der Waals surface area contributed by atoms with E-state index >= 15 is 0 Å². The molecule has 0 fully saturated rings. The summed E-state index contributed by atoms with van der Waals surface area (Å²) in [6.45, 7) is 5.10. The van der Waals surface area contributed by atoms with E-state index in [0.29, 0.717) is 5.75 Å². The van der Waals surface area contributed by atoms with Gasteiger partial charge in [-0.2, -0.15) is 0 Å². The molecule has 2 N–H and O–H groups in total. The molecule has 0 saturated heterocycles. The van der Waals surface area contributed by atoms with Crippen LogP contribution >= 0.6 is 0 Å². The van der Waals surface area contributed by atoms with Crippen molar-refractivity contribution < 1.29 is 27.1 Å². The number of urea groups is 1. The molecule has 0 spiro atoms. The van der Waals surface area contributed by atoms with E-state index < -0.39 is 32.3 Å². The summed E-state index contributed by atoms with van der Waals surface area (Å²) < 4.78 is 52.4. The first-order chi connectivity index (χ1) is 15.5. The van der Waals surface area contributed by atoms with Crippen molar-refractivity contribution in [2.24, 2.45) is 0 Å². The fraction of sp³-hybridized carbons (Fsp3) is 0.208. The van der Waals surface area contributed by atoms with E-state index in [-0.39, 0.29) is 5.75 Å². The van der Waals surface area contributed by atoms with Crippen LogP contribution in [0.4, 0.5) is 9.18 Å². The van der Waals surface area contributed by atoms with Gasteiger partial charge in [0, 0.05) is 5.54 Å². The lowest BCUT2D eigenvalue weighted by atomic mass is 10.1. The van der Waals surface area contributed by atoms with Crippen LogP contribution in [0.3, 0.4) is 0 Å². The maximum atomic E-state index is 13.9. The molecule has 0 radical (unpaired) electrons. The summed E-state index contributed by atoms with van der Waals surface area (Å²) >= 11 is 0. The molecule has 174 valence electrons. The lowest BCUT2D eigenvalue weighted by Crippen LogP contribution is -2.48. The van der Waals surface area contributed by atoms with Gasteiger partial charge in [0.25, 0.3) is 10.0 Å². The maximum absolute atomic E-state index is 13.9. The Hall–Kier alpha value is -3.59. The maximum Gasteiger partial charge on any atom is 0.329 e. The van der Waals surface area contributed by atoms with Crippen LogP contribution in [0.15, 0.2) is 71.6 Å². The monoisotopic (exact) mass is 472 g/mol. The SMILES string of the molecule is COc1ccc(-c2cccc(Oc3ccc(F)cc3S(=O)(=O)NC(=O)NC(C)(C)C)c2)cc1. The highest BCUT2D eigenvalue weighted by Gasteiger charge is 2.25. The van der Waals surface area contributed by atoms with Crippen molar-refractivity contribution in [2.75, 3.05) is 7.11 Å². The van der Waals surface area contributed by atoms with Gasteiger partial charge in [-0.25, -0.2) is 22.3 Å². The number of methoxy groups -OCH3 is 1. The van der Waals surface area contributed by atoms with Gasteiger partial charge in [0.2, 0.25) is 0 Å². The number of carbonyl (C=O) groups is 1. The Balaban J connectivity index is 1.90. The molecule has 0 atom stereocenters. The number of hydrogen-bond donors (Lipinski definition) is 2. The molecule has 0 saturated carbocycles. The summed E-state index contributed by atoms with van der Waals surface area (Å²) in [5, 5.41) is 2.49. The van der Waals surface area contributed by atoms with E-state index in [0.717, 1.165) is 29.0 Å². The van der Waals surface area contributed by atoms with Crippen molar-refractivity contribution in [1.29, 1.82) is 0 Å². The number of sulfonamides is 1. The topological polar surface area (TPSA) is 93.7 Å². The Labute approximate surface area is 192 Å². The molecule has 2 amide bonds. The van der Waals surface area contributed by atoms with Gasteiger partial charge in [-0.15, -0.1) is 0 Å². The van der Waals surface area contributed by atoms with E-state index in [1.165, 1.54) is 6.07 Å². The highest BCUT2D eigenvalue weighted by Crippen LogP contribution is 2.32. The third-order valence-electron chi connectivity index (χ3n) is 4.40. The van der Waals surface area contributed by atoms with Crippen molar-refractivity contribution in [3.05, 3.63) is 72.5 Å². The molecule has 7 nitrogen and oxygen atoms in total. The molecule has 0 aliphatic heterocycles. The molecule has 0 bridgehead atoms. The molecule has 0 unspecified atom stereocenters. The smallest absolute Gasteiger partial charge is 0.329 e. The quantitative estimate of drug-likeness (QED) is 0.522. The van der Waals surface area contributed by atoms with E-state index in [4.69, 9.17) is 9.47 Å². The minimum absolute atomic E-state index is 0.126. The van der Waals surface area contributed by atoms with Crippen LogP contribution in [0.5, 0.6) is 17.2 Å². The highest BCUT2D eigenvalue weighted by molar-refractivity contribution is 7.90. The standard InChI is InChI=1S/C24H25FN2O5S/c1-24(2,3)26-23(28)27-33(29,30)22-15-18(25)10-13-21(22)32-20-7-5-6-17(14-20)16-8-11-19(31-4)12-9-16/h5-15H,1-4H3,(H2,26,27,28). The van der Waals surface area contributed by atoms with Gasteiger partial charge in [-0.1, -0.05) is 24.3 Å². The molecule has 33 heavy (non-hydrogen) atoms. The number of benzene rings is 3. The number of carbonyl (C=O) groups excluding carboxylic acids is 1. The minimum atomic E-state index is -4.42. The molecule has 3 rings (SSSR count). The second kappa shape index (κ2) is 9.50. The second-order valence-corrected chi connectivity index (χ2v) is 9.91. The van der Waals surface area contributed by atoms with Crippen LogP contribution in [0, 0.1) is 5.82 Å². The molecule has 0 aliphatic rings. The van der Waals surface area contributed by atoms with Gasteiger partial charge in [0.05, 0.1) is 7.11 Å². The highest BCUT2D eigenvalue weighted by atomic mass is 32.2. The predicted octanol–water partition coefficient (Wildman–Crippen LogP) is 5.08. The summed E-state index contributed by atoms with van der Waals surface area (Å²) in [5.74, 6) is 0.145. The molecule has 3 aromatic carbocycles. The van der Waals surface area contributed by atoms with Gasteiger partial charge in [-0.3, -0.25) is 0 Å². The average Bonchev–Trinajstić information content (AvgIpc) is 2.73. The Morgan fingerprint density at radius 2 is 1.61 bits per heavy atom. The van der Waals surface area contributed by atoms with Crippen LogP contribution < -0.4 is 19.5 Å². The summed E-state index contributed by atoms with van der Waals surface area (Å²) in [6.07, 6.45) is 0. The number of halogens is 1. The first kappa shape index (κ1) is 24.1.